The number of aryl methyl sites for hydroxylation is 2. The Bertz CT molecular complexity index is 1520. The first-order valence-electron chi connectivity index (χ1n) is 13.3. The SMILES string of the molecule is C=CCNC(=O)C(C(C)CC)N1C(=O)c2ccccc2C1c1c(-c2ccc(C)cc2)n(C)c2ccccc12. The Balaban J connectivity index is 1.82. The predicted molar refractivity (Wildman–Crippen MR) is 154 cm³/mol. The lowest BCUT2D eigenvalue weighted by molar-refractivity contribution is -0.127. The van der Waals surface area contributed by atoms with Gasteiger partial charge in [0.05, 0.1) is 11.7 Å². The number of hydrogen-bond donors (Lipinski definition) is 1. The number of aromatic nitrogens is 1. The van der Waals surface area contributed by atoms with Crippen molar-refractivity contribution in [2.75, 3.05) is 6.54 Å². The Morgan fingerprint density at radius 3 is 2.45 bits per heavy atom. The molecule has 0 aliphatic carbocycles. The molecule has 194 valence electrons. The van der Waals surface area contributed by atoms with Crippen LogP contribution in [0.1, 0.15) is 53.4 Å². The number of rotatable bonds is 8. The lowest BCUT2D eigenvalue weighted by Gasteiger charge is -2.36. The van der Waals surface area contributed by atoms with Crippen molar-refractivity contribution in [3.63, 3.8) is 0 Å². The molecule has 5 rings (SSSR count). The summed E-state index contributed by atoms with van der Waals surface area (Å²) in [7, 11) is 2.08. The van der Waals surface area contributed by atoms with Gasteiger partial charge >= 0.3 is 0 Å². The van der Waals surface area contributed by atoms with Crippen LogP contribution in [-0.4, -0.2) is 33.9 Å². The molecule has 0 saturated heterocycles. The first-order chi connectivity index (χ1) is 18.4. The van der Waals surface area contributed by atoms with E-state index in [1.807, 2.05) is 41.3 Å². The van der Waals surface area contributed by atoms with E-state index in [4.69, 9.17) is 0 Å². The zero-order valence-electron chi connectivity index (χ0n) is 22.6. The lowest BCUT2D eigenvalue weighted by atomic mass is 9.90. The average Bonchev–Trinajstić information content (AvgIpc) is 3.39. The Morgan fingerprint density at radius 2 is 1.74 bits per heavy atom. The summed E-state index contributed by atoms with van der Waals surface area (Å²) >= 11 is 0. The van der Waals surface area contributed by atoms with Crippen LogP contribution in [0.5, 0.6) is 0 Å². The van der Waals surface area contributed by atoms with Gasteiger partial charge in [-0.15, -0.1) is 6.58 Å². The second-order valence-corrected chi connectivity index (χ2v) is 10.3. The van der Waals surface area contributed by atoms with Crippen molar-refractivity contribution in [3.8, 4) is 11.3 Å². The standard InChI is InChI=1S/C33H35N3O2/c1-6-20-34-32(37)29(22(4)7-2)36-31(24-12-8-9-13-25(24)33(36)38)28-26-14-10-11-15-27(26)35(5)30(28)23-18-16-21(3)17-19-23/h6,8-19,22,29,31H,1,7,20H2,2-5H3,(H,34,37). The van der Waals surface area contributed by atoms with Crippen LogP contribution in [0.4, 0.5) is 0 Å². The van der Waals surface area contributed by atoms with Gasteiger partial charge in [-0.1, -0.05) is 92.6 Å². The summed E-state index contributed by atoms with van der Waals surface area (Å²) in [5.41, 5.74) is 7.06. The normalized spacial score (nSPS) is 16.4. The molecule has 1 aliphatic heterocycles. The molecule has 0 saturated carbocycles. The second-order valence-electron chi connectivity index (χ2n) is 10.3. The highest BCUT2D eigenvalue weighted by molar-refractivity contribution is 6.04. The molecule has 0 radical (unpaired) electrons. The molecule has 4 aromatic rings. The second kappa shape index (κ2) is 10.3. The van der Waals surface area contributed by atoms with Gasteiger partial charge in [-0.3, -0.25) is 9.59 Å². The molecule has 2 heterocycles. The molecule has 2 amide bonds. The highest BCUT2D eigenvalue weighted by Crippen LogP contribution is 2.48. The molecule has 1 aromatic heterocycles. The Morgan fingerprint density at radius 1 is 1.05 bits per heavy atom. The van der Waals surface area contributed by atoms with Gasteiger partial charge in [0.25, 0.3) is 5.91 Å². The zero-order chi connectivity index (χ0) is 27.0. The maximum atomic E-state index is 14.2. The van der Waals surface area contributed by atoms with Gasteiger partial charge in [-0.25, -0.2) is 0 Å². The van der Waals surface area contributed by atoms with Crippen LogP contribution >= 0.6 is 0 Å². The number of hydrogen-bond acceptors (Lipinski definition) is 2. The third-order valence-corrected chi connectivity index (χ3v) is 7.91. The highest BCUT2D eigenvalue weighted by atomic mass is 16.2. The Kier molecular flexibility index (Phi) is 6.94. The molecular formula is C33H35N3O2. The number of nitrogens with zero attached hydrogens (tertiary/aromatic N) is 2. The minimum absolute atomic E-state index is 0.0432. The van der Waals surface area contributed by atoms with Gasteiger partial charge in [0.15, 0.2) is 0 Å². The summed E-state index contributed by atoms with van der Waals surface area (Å²) in [5.74, 6) is -0.298. The summed E-state index contributed by atoms with van der Waals surface area (Å²) in [4.78, 5) is 29.7. The first kappa shape index (κ1) is 25.5. The predicted octanol–water partition coefficient (Wildman–Crippen LogP) is 6.42. The van der Waals surface area contributed by atoms with Crippen molar-refractivity contribution < 1.29 is 9.59 Å². The van der Waals surface area contributed by atoms with E-state index in [1.165, 1.54) is 5.56 Å². The maximum Gasteiger partial charge on any atom is 0.255 e. The van der Waals surface area contributed by atoms with Crippen LogP contribution < -0.4 is 5.32 Å². The summed E-state index contributed by atoms with van der Waals surface area (Å²) in [6, 6.07) is 23.6. The number of amides is 2. The molecule has 1 N–H and O–H groups in total. The van der Waals surface area contributed by atoms with Gasteiger partial charge in [-0.2, -0.15) is 0 Å². The molecule has 3 aromatic carbocycles. The van der Waals surface area contributed by atoms with E-state index >= 15 is 0 Å². The largest absolute Gasteiger partial charge is 0.351 e. The summed E-state index contributed by atoms with van der Waals surface area (Å²) in [6.07, 6.45) is 2.43. The third kappa shape index (κ3) is 4.12. The van der Waals surface area contributed by atoms with E-state index in [1.54, 1.807) is 6.08 Å². The van der Waals surface area contributed by atoms with Crippen LogP contribution in [-0.2, 0) is 11.8 Å². The van der Waals surface area contributed by atoms with Gasteiger partial charge in [-0.05, 0) is 36.1 Å². The number of carbonyl (C=O) groups excluding carboxylic acids is 2. The fourth-order valence-electron chi connectivity index (χ4n) is 5.84. The molecule has 38 heavy (non-hydrogen) atoms. The van der Waals surface area contributed by atoms with Crippen LogP contribution in [0.3, 0.4) is 0 Å². The summed E-state index contributed by atoms with van der Waals surface area (Å²) in [5, 5.41) is 4.07. The van der Waals surface area contributed by atoms with Crippen LogP contribution in [0.15, 0.2) is 85.5 Å². The fourth-order valence-corrected chi connectivity index (χ4v) is 5.84. The van der Waals surface area contributed by atoms with Crippen molar-refractivity contribution in [2.45, 2.75) is 39.3 Å². The number of benzene rings is 3. The van der Waals surface area contributed by atoms with Crippen LogP contribution in [0.2, 0.25) is 0 Å². The molecular weight excluding hydrogens is 470 g/mol. The van der Waals surface area contributed by atoms with Crippen molar-refractivity contribution in [2.24, 2.45) is 13.0 Å². The zero-order valence-corrected chi connectivity index (χ0v) is 22.6. The van der Waals surface area contributed by atoms with E-state index in [2.05, 4.69) is 80.7 Å². The van der Waals surface area contributed by atoms with Crippen LogP contribution in [0.25, 0.3) is 22.2 Å². The van der Waals surface area contributed by atoms with E-state index in [0.29, 0.717) is 12.1 Å². The van der Waals surface area contributed by atoms with E-state index in [0.717, 1.165) is 39.7 Å². The maximum absolute atomic E-state index is 14.2. The van der Waals surface area contributed by atoms with E-state index < -0.39 is 12.1 Å². The van der Waals surface area contributed by atoms with Gasteiger partial charge < -0.3 is 14.8 Å². The minimum atomic E-state index is -0.630. The number of carbonyl (C=O) groups is 2. The molecule has 0 spiro atoms. The molecule has 3 unspecified atom stereocenters. The Hall–Kier alpha value is -4.12. The summed E-state index contributed by atoms with van der Waals surface area (Å²) < 4.78 is 2.22. The van der Waals surface area contributed by atoms with Gasteiger partial charge in [0, 0.05) is 35.6 Å². The first-order valence-corrected chi connectivity index (χ1v) is 13.3. The fraction of sp³-hybridized carbons (Fsp3) is 0.273. The highest BCUT2D eigenvalue weighted by Gasteiger charge is 2.47. The number of para-hydroxylation sites is 1. The molecule has 0 fully saturated rings. The van der Waals surface area contributed by atoms with Crippen molar-refractivity contribution in [1.29, 1.82) is 0 Å². The molecule has 1 aliphatic rings. The van der Waals surface area contributed by atoms with Crippen molar-refractivity contribution >= 4 is 22.7 Å². The van der Waals surface area contributed by atoms with Gasteiger partial charge in [0.1, 0.15) is 6.04 Å². The topological polar surface area (TPSA) is 54.3 Å². The average molecular weight is 506 g/mol. The molecule has 3 atom stereocenters. The lowest BCUT2D eigenvalue weighted by Crippen LogP contribution is -2.52. The van der Waals surface area contributed by atoms with E-state index in [-0.39, 0.29) is 17.7 Å². The van der Waals surface area contributed by atoms with E-state index in [9.17, 15) is 9.59 Å². The van der Waals surface area contributed by atoms with Crippen molar-refractivity contribution in [3.05, 3.63) is 108 Å². The van der Waals surface area contributed by atoms with Gasteiger partial charge in [0.2, 0.25) is 5.91 Å². The molecule has 5 heteroatoms. The minimum Gasteiger partial charge on any atom is -0.351 e. The molecule has 5 nitrogen and oxygen atoms in total. The Labute approximate surface area is 224 Å². The quantitative estimate of drug-likeness (QED) is 0.281. The van der Waals surface area contributed by atoms with Crippen molar-refractivity contribution in [1.82, 2.24) is 14.8 Å². The van der Waals surface area contributed by atoms with Crippen LogP contribution in [0, 0.1) is 12.8 Å². The smallest absolute Gasteiger partial charge is 0.255 e. The number of nitrogens with one attached hydrogen (secondary N) is 1. The number of fused-ring (bicyclic) bond motifs is 2. The summed E-state index contributed by atoms with van der Waals surface area (Å²) in [6.45, 7) is 10.3. The monoisotopic (exact) mass is 505 g/mol. The third-order valence-electron chi connectivity index (χ3n) is 7.91. The molecule has 0 bridgehead atoms.